The second-order valence-electron chi connectivity index (χ2n) is 6.45. The molecular weight excluding hydrogens is 310 g/mol. The number of hydrogen-bond acceptors (Lipinski definition) is 4. The molecule has 1 N–H and O–H groups in total. The number of aromatic nitrogens is 1. The summed E-state index contributed by atoms with van der Waals surface area (Å²) < 4.78 is 26.2. The molecule has 1 saturated heterocycles. The molecule has 0 radical (unpaired) electrons. The van der Waals surface area contributed by atoms with Gasteiger partial charge in [0.15, 0.2) is 0 Å². The van der Waals surface area contributed by atoms with Gasteiger partial charge in [-0.3, -0.25) is 0 Å². The normalized spacial score (nSPS) is 20.7. The Morgan fingerprint density at radius 1 is 1.00 bits per heavy atom. The lowest BCUT2D eigenvalue weighted by Gasteiger charge is -2.32. The Balaban J connectivity index is 1.40. The second kappa shape index (κ2) is 5.76. The predicted molar refractivity (Wildman–Crippen MR) is 91.9 cm³/mol. The number of fused-ring (bicyclic) bond motifs is 1. The first-order valence-corrected chi connectivity index (χ1v) is 9.74. The Hall–Kier alpha value is -1.66. The lowest BCUT2D eigenvalue weighted by atomic mass is 10.1. The summed E-state index contributed by atoms with van der Waals surface area (Å²) in [5.74, 6) is 0.868. The molecule has 2 fully saturated rings. The van der Waals surface area contributed by atoms with E-state index >= 15 is 0 Å². The van der Waals surface area contributed by atoms with Crippen LogP contribution in [0.25, 0.3) is 10.9 Å². The lowest BCUT2D eigenvalue weighted by molar-refractivity contribution is 0.329. The van der Waals surface area contributed by atoms with Crippen molar-refractivity contribution >= 4 is 26.7 Å². The summed E-state index contributed by atoms with van der Waals surface area (Å²) in [6, 6.07) is 12.4. The van der Waals surface area contributed by atoms with Gasteiger partial charge in [0.05, 0.1) is 10.8 Å². The monoisotopic (exact) mass is 331 g/mol. The van der Waals surface area contributed by atoms with Crippen molar-refractivity contribution in [2.75, 3.05) is 18.4 Å². The summed E-state index contributed by atoms with van der Waals surface area (Å²) >= 11 is 0. The lowest BCUT2D eigenvalue weighted by Crippen LogP contribution is -2.43. The Labute approximate surface area is 136 Å². The minimum Gasteiger partial charge on any atom is -0.367 e. The van der Waals surface area contributed by atoms with Crippen LogP contribution in [0, 0.1) is 0 Å². The zero-order chi connectivity index (χ0) is 15.9. The molecule has 1 aromatic heterocycles. The smallest absolute Gasteiger partial charge is 0.216 e. The molecule has 1 aromatic carbocycles. The van der Waals surface area contributed by atoms with E-state index in [1.54, 1.807) is 4.31 Å². The van der Waals surface area contributed by atoms with Gasteiger partial charge in [-0.05, 0) is 43.9 Å². The third-order valence-electron chi connectivity index (χ3n) is 4.71. The van der Waals surface area contributed by atoms with Gasteiger partial charge in [0.25, 0.3) is 0 Å². The van der Waals surface area contributed by atoms with Crippen LogP contribution in [0.15, 0.2) is 36.4 Å². The van der Waals surface area contributed by atoms with Crippen LogP contribution in [0.5, 0.6) is 0 Å². The molecule has 0 atom stereocenters. The Morgan fingerprint density at radius 3 is 2.48 bits per heavy atom. The Kier molecular flexibility index (Phi) is 3.73. The third-order valence-corrected chi connectivity index (χ3v) is 7.11. The highest BCUT2D eigenvalue weighted by Crippen LogP contribution is 2.32. The third kappa shape index (κ3) is 3.05. The van der Waals surface area contributed by atoms with E-state index in [9.17, 15) is 8.42 Å². The highest BCUT2D eigenvalue weighted by Gasteiger charge is 2.41. The number of para-hydroxylation sites is 1. The van der Waals surface area contributed by atoms with Gasteiger partial charge in [0.1, 0.15) is 5.82 Å². The van der Waals surface area contributed by atoms with Gasteiger partial charge in [-0.15, -0.1) is 0 Å². The quantitative estimate of drug-likeness (QED) is 0.935. The Bertz CT molecular complexity index is 809. The van der Waals surface area contributed by atoms with E-state index in [2.05, 4.69) is 16.4 Å². The number of hydrogen-bond donors (Lipinski definition) is 1. The average Bonchev–Trinajstić information content (AvgIpc) is 3.41. The maximum Gasteiger partial charge on any atom is 0.216 e. The fourth-order valence-electron chi connectivity index (χ4n) is 3.19. The van der Waals surface area contributed by atoms with Crippen LogP contribution >= 0.6 is 0 Å². The second-order valence-corrected chi connectivity index (χ2v) is 8.66. The maximum absolute atomic E-state index is 12.3. The van der Waals surface area contributed by atoms with Crippen LogP contribution in [-0.4, -0.2) is 42.1 Å². The van der Waals surface area contributed by atoms with Gasteiger partial charge in [0, 0.05) is 24.5 Å². The molecule has 2 aromatic rings. The van der Waals surface area contributed by atoms with Gasteiger partial charge < -0.3 is 5.32 Å². The topological polar surface area (TPSA) is 62.3 Å². The van der Waals surface area contributed by atoms with Crippen LogP contribution < -0.4 is 5.32 Å². The summed E-state index contributed by atoms with van der Waals surface area (Å²) in [7, 11) is -3.02. The van der Waals surface area contributed by atoms with Gasteiger partial charge >= 0.3 is 0 Å². The van der Waals surface area contributed by atoms with E-state index in [1.807, 2.05) is 30.3 Å². The van der Waals surface area contributed by atoms with E-state index in [4.69, 9.17) is 0 Å². The predicted octanol–water partition coefficient (Wildman–Crippen LogP) is 2.60. The molecule has 1 saturated carbocycles. The molecule has 2 heterocycles. The van der Waals surface area contributed by atoms with Crippen LogP contribution in [0.2, 0.25) is 0 Å². The minimum atomic E-state index is -3.02. The first-order chi connectivity index (χ1) is 11.1. The molecule has 2 aliphatic rings. The van der Waals surface area contributed by atoms with E-state index in [1.165, 1.54) is 0 Å². The molecule has 23 heavy (non-hydrogen) atoms. The summed E-state index contributed by atoms with van der Waals surface area (Å²) in [6.07, 6.45) is 3.34. The number of benzene rings is 1. The van der Waals surface area contributed by atoms with Crippen molar-refractivity contribution in [3.05, 3.63) is 36.4 Å². The van der Waals surface area contributed by atoms with Crippen LogP contribution in [0.3, 0.4) is 0 Å². The van der Waals surface area contributed by atoms with Crippen molar-refractivity contribution in [1.82, 2.24) is 9.29 Å². The van der Waals surface area contributed by atoms with Gasteiger partial charge in [-0.2, -0.15) is 0 Å². The Morgan fingerprint density at radius 2 is 1.74 bits per heavy atom. The fourth-order valence-corrected chi connectivity index (χ4v) is 5.06. The van der Waals surface area contributed by atoms with E-state index < -0.39 is 10.0 Å². The van der Waals surface area contributed by atoms with E-state index in [-0.39, 0.29) is 11.3 Å². The first kappa shape index (κ1) is 14.9. The van der Waals surface area contributed by atoms with Crippen LogP contribution in [-0.2, 0) is 10.0 Å². The zero-order valence-corrected chi connectivity index (χ0v) is 13.8. The SMILES string of the molecule is O=S(=O)(C1CC1)N1CCC(Nc2ccc3ccccc3n2)CC1. The molecule has 0 unspecified atom stereocenters. The number of pyridine rings is 1. The van der Waals surface area contributed by atoms with Crippen molar-refractivity contribution in [3.8, 4) is 0 Å². The van der Waals surface area contributed by atoms with Crippen molar-refractivity contribution in [3.63, 3.8) is 0 Å². The first-order valence-electron chi connectivity index (χ1n) is 8.24. The molecule has 6 heteroatoms. The molecule has 4 rings (SSSR count). The van der Waals surface area contributed by atoms with Gasteiger partial charge in [-0.1, -0.05) is 18.2 Å². The number of anilines is 1. The van der Waals surface area contributed by atoms with Crippen molar-refractivity contribution in [2.45, 2.75) is 37.0 Å². The minimum absolute atomic E-state index is 0.103. The number of piperidine rings is 1. The summed E-state index contributed by atoms with van der Waals surface area (Å²) in [5.41, 5.74) is 0.978. The number of nitrogens with one attached hydrogen (secondary N) is 1. The van der Waals surface area contributed by atoms with E-state index in [0.29, 0.717) is 13.1 Å². The average molecular weight is 331 g/mol. The molecule has 0 amide bonds. The summed E-state index contributed by atoms with van der Waals surface area (Å²) in [5, 5.41) is 4.48. The number of nitrogens with zero attached hydrogens (tertiary/aromatic N) is 2. The largest absolute Gasteiger partial charge is 0.367 e. The fraction of sp³-hybridized carbons (Fsp3) is 0.471. The van der Waals surface area contributed by atoms with Gasteiger partial charge in [0.2, 0.25) is 10.0 Å². The van der Waals surface area contributed by atoms with Crippen molar-refractivity contribution in [1.29, 1.82) is 0 Å². The molecule has 0 spiro atoms. The van der Waals surface area contributed by atoms with Crippen molar-refractivity contribution < 1.29 is 8.42 Å². The number of sulfonamides is 1. The standard InChI is InChI=1S/C17H21N3O2S/c21-23(22,15-6-7-15)20-11-9-14(10-12-20)18-17-8-5-13-3-1-2-4-16(13)19-17/h1-5,8,14-15H,6-7,9-12H2,(H,18,19). The molecule has 1 aliphatic carbocycles. The molecular formula is C17H21N3O2S. The maximum atomic E-state index is 12.3. The van der Waals surface area contributed by atoms with Gasteiger partial charge in [-0.25, -0.2) is 17.7 Å². The molecule has 122 valence electrons. The molecule has 5 nitrogen and oxygen atoms in total. The van der Waals surface area contributed by atoms with Crippen LogP contribution in [0.1, 0.15) is 25.7 Å². The molecule has 0 bridgehead atoms. The zero-order valence-electron chi connectivity index (χ0n) is 13.0. The van der Waals surface area contributed by atoms with E-state index in [0.717, 1.165) is 42.4 Å². The number of rotatable bonds is 4. The summed E-state index contributed by atoms with van der Waals surface area (Å²) in [6.45, 7) is 1.23. The van der Waals surface area contributed by atoms with Crippen molar-refractivity contribution in [2.24, 2.45) is 0 Å². The molecule has 1 aliphatic heterocycles. The van der Waals surface area contributed by atoms with Crippen LogP contribution in [0.4, 0.5) is 5.82 Å². The highest BCUT2D eigenvalue weighted by molar-refractivity contribution is 7.90. The summed E-state index contributed by atoms with van der Waals surface area (Å²) in [4.78, 5) is 4.63. The highest BCUT2D eigenvalue weighted by atomic mass is 32.2.